The van der Waals surface area contributed by atoms with Crippen LogP contribution in [0.5, 0.6) is 5.75 Å². The molecule has 4 rings (SSSR count). The fourth-order valence-corrected chi connectivity index (χ4v) is 3.70. The summed E-state index contributed by atoms with van der Waals surface area (Å²) in [5, 5.41) is 4.70. The van der Waals surface area contributed by atoms with Crippen molar-refractivity contribution in [2.75, 3.05) is 27.8 Å². The summed E-state index contributed by atoms with van der Waals surface area (Å²) in [4.78, 5) is 30.5. The lowest BCUT2D eigenvalue weighted by molar-refractivity contribution is -0.139. The van der Waals surface area contributed by atoms with Crippen LogP contribution in [0.3, 0.4) is 0 Å². The van der Waals surface area contributed by atoms with Crippen molar-refractivity contribution in [3.63, 3.8) is 0 Å². The summed E-state index contributed by atoms with van der Waals surface area (Å²) in [5.74, 6) is 4.54. The Hall–Kier alpha value is -4.04. The second kappa shape index (κ2) is 9.07. The van der Waals surface area contributed by atoms with Crippen LogP contribution in [0.4, 0.5) is 8.78 Å². The quantitative estimate of drug-likeness (QED) is 0.417. The lowest BCUT2D eigenvalue weighted by atomic mass is 10.0. The molecule has 0 saturated carbocycles. The zero-order valence-corrected chi connectivity index (χ0v) is 18.5. The van der Waals surface area contributed by atoms with E-state index in [9.17, 15) is 18.4 Å². The van der Waals surface area contributed by atoms with E-state index in [1.807, 2.05) is 0 Å². The predicted molar refractivity (Wildman–Crippen MR) is 116 cm³/mol. The Bertz CT molecular complexity index is 1330. The maximum Gasteiger partial charge on any atom is 0.387 e. The number of carbonyl (C=O) groups excluding carboxylic acids is 2. The molecular formula is C23H20F2N4O5. The minimum absolute atomic E-state index is 0.0105. The van der Waals surface area contributed by atoms with E-state index in [1.165, 1.54) is 42.1 Å². The molecule has 11 heteroatoms. The van der Waals surface area contributed by atoms with Gasteiger partial charge in [0.05, 0.1) is 18.2 Å². The molecule has 34 heavy (non-hydrogen) atoms. The predicted octanol–water partition coefficient (Wildman–Crippen LogP) is 2.41. The third-order valence-corrected chi connectivity index (χ3v) is 5.43. The average Bonchev–Trinajstić information content (AvgIpc) is 3.35. The molecule has 0 radical (unpaired) electrons. The Morgan fingerprint density at radius 2 is 2.06 bits per heavy atom. The second-order valence-corrected chi connectivity index (χ2v) is 7.48. The number of fused-ring (bicyclic) bond motifs is 1. The van der Waals surface area contributed by atoms with E-state index >= 15 is 0 Å². The minimum atomic E-state index is -3.08. The first kappa shape index (κ1) is 23.1. The fourth-order valence-electron chi connectivity index (χ4n) is 3.70. The molecule has 2 aromatic heterocycles. The topological polar surface area (TPSA) is 95.8 Å². The Kier molecular flexibility index (Phi) is 6.17. The van der Waals surface area contributed by atoms with Crippen LogP contribution in [0.15, 0.2) is 36.5 Å². The van der Waals surface area contributed by atoms with Crippen molar-refractivity contribution in [3.8, 4) is 23.3 Å². The number of methoxy groups -OCH3 is 2. The van der Waals surface area contributed by atoms with Crippen LogP contribution >= 0.6 is 0 Å². The molecule has 3 heterocycles. The van der Waals surface area contributed by atoms with Gasteiger partial charge in [-0.05, 0) is 24.3 Å². The first-order chi connectivity index (χ1) is 16.3. The van der Waals surface area contributed by atoms with Crippen LogP contribution in [0.2, 0.25) is 0 Å². The molecule has 1 aliphatic heterocycles. The van der Waals surface area contributed by atoms with Gasteiger partial charge in [0.15, 0.2) is 11.3 Å². The number of carbonyl (C=O) groups is 2. The number of alkyl halides is 2. The number of halogens is 2. The number of amides is 1. The van der Waals surface area contributed by atoms with Gasteiger partial charge in [-0.1, -0.05) is 11.8 Å². The van der Waals surface area contributed by atoms with Crippen LogP contribution in [-0.2, 0) is 14.3 Å². The molecule has 0 unspecified atom stereocenters. The van der Waals surface area contributed by atoms with Crippen molar-refractivity contribution >= 4 is 22.9 Å². The lowest BCUT2D eigenvalue weighted by Crippen LogP contribution is -2.39. The number of hydrogen-bond acceptors (Lipinski definition) is 7. The number of aromatic nitrogens is 3. The van der Waals surface area contributed by atoms with Crippen molar-refractivity contribution in [3.05, 3.63) is 47.8 Å². The monoisotopic (exact) mass is 470 g/mol. The highest BCUT2D eigenvalue weighted by molar-refractivity contribution is 6.01. The van der Waals surface area contributed by atoms with E-state index in [0.717, 1.165) is 0 Å². The third kappa shape index (κ3) is 4.15. The van der Waals surface area contributed by atoms with Crippen molar-refractivity contribution in [2.24, 2.45) is 0 Å². The van der Waals surface area contributed by atoms with E-state index in [2.05, 4.69) is 26.7 Å². The maximum atomic E-state index is 13.0. The number of rotatable bonds is 5. The summed E-state index contributed by atoms with van der Waals surface area (Å²) in [6, 6.07) is 7.46. The number of pyridine rings is 1. The summed E-state index contributed by atoms with van der Waals surface area (Å²) in [7, 11) is 4.26. The molecule has 0 spiro atoms. The average molecular weight is 470 g/mol. The standard InChI is InChI=1S/C23H20F2N4O5/c1-28-10-8-23(33-3,21(28)31)7-6-14-11-15(13-16(12-14)34-22(24)25)29-19-17(5-4-9-26-19)18(27-29)20(30)32-2/h4-5,9,11-13,22H,8,10H2,1-3H3/t23-/m0/s1. The van der Waals surface area contributed by atoms with E-state index in [-0.39, 0.29) is 28.6 Å². The van der Waals surface area contributed by atoms with E-state index in [0.29, 0.717) is 24.0 Å². The SMILES string of the molecule is COC(=O)c1nn(-c2cc(C#C[C@]3(OC)CCN(C)C3=O)cc(OC(F)F)c2)c2ncccc12. The van der Waals surface area contributed by atoms with Crippen LogP contribution in [0.25, 0.3) is 16.7 Å². The Balaban J connectivity index is 1.86. The van der Waals surface area contributed by atoms with Crippen LogP contribution in [0, 0.1) is 11.8 Å². The first-order valence-corrected chi connectivity index (χ1v) is 10.1. The number of nitrogens with zero attached hydrogens (tertiary/aromatic N) is 4. The number of likely N-dealkylation sites (tertiary alicyclic amines) is 1. The van der Waals surface area contributed by atoms with Gasteiger partial charge in [-0.15, -0.1) is 0 Å². The van der Waals surface area contributed by atoms with Crippen molar-refractivity contribution < 1.29 is 32.6 Å². The van der Waals surface area contributed by atoms with Gasteiger partial charge < -0.3 is 19.1 Å². The normalized spacial score (nSPS) is 17.7. The number of ether oxygens (including phenoxy) is 3. The Morgan fingerprint density at radius 1 is 1.26 bits per heavy atom. The summed E-state index contributed by atoms with van der Waals surface area (Å²) in [5.41, 5.74) is -0.478. The van der Waals surface area contributed by atoms with Crippen molar-refractivity contribution in [2.45, 2.75) is 18.6 Å². The van der Waals surface area contributed by atoms with Crippen LogP contribution in [-0.4, -0.2) is 71.6 Å². The van der Waals surface area contributed by atoms with Crippen molar-refractivity contribution in [1.82, 2.24) is 19.7 Å². The Morgan fingerprint density at radius 3 is 2.71 bits per heavy atom. The minimum Gasteiger partial charge on any atom is -0.464 e. The van der Waals surface area contributed by atoms with Gasteiger partial charge in [0, 0.05) is 44.9 Å². The van der Waals surface area contributed by atoms with Crippen molar-refractivity contribution in [1.29, 1.82) is 0 Å². The smallest absolute Gasteiger partial charge is 0.387 e. The molecule has 3 aromatic rings. The summed E-state index contributed by atoms with van der Waals surface area (Å²) >= 11 is 0. The van der Waals surface area contributed by atoms with Gasteiger partial charge >= 0.3 is 12.6 Å². The van der Waals surface area contributed by atoms with Gasteiger partial charge in [0.1, 0.15) is 5.75 Å². The molecular weight excluding hydrogens is 450 g/mol. The molecule has 1 atom stereocenters. The van der Waals surface area contributed by atoms with Gasteiger partial charge in [-0.3, -0.25) is 4.79 Å². The van der Waals surface area contributed by atoms with E-state index < -0.39 is 18.2 Å². The van der Waals surface area contributed by atoms with Crippen LogP contribution in [0.1, 0.15) is 22.5 Å². The molecule has 176 valence electrons. The zero-order valence-electron chi connectivity index (χ0n) is 18.5. The molecule has 1 amide bonds. The summed E-state index contributed by atoms with van der Waals surface area (Å²) < 4.78 is 42.2. The third-order valence-electron chi connectivity index (χ3n) is 5.43. The molecule has 0 N–H and O–H groups in total. The van der Waals surface area contributed by atoms with Gasteiger partial charge in [-0.2, -0.15) is 13.9 Å². The van der Waals surface area contributed by atoms with Crippen LogP contribution < -0.4 is 4.74 Å². The molecule has 1 fully saturated rings. The summed E-state index contributed by atoms with van der Waals surface area (Å²) in [6.07, 6.45) is 1.87. The van der Waals surface area contributed by atoms with E-state index in [4.69, 9.17) is 9.47 Å². The molecule has 0 bridgehead atoms. The second-order valence-electron chi connectivity index (χ2n) is 7.48. The largest absolute Gasteiger partial charge is 0.464 e. The number of esters is 1. The number of benzene rings is 1. The zero-order chi connectivity index (χ0) is 24.5. The molecule has 0 aliphatic carbocycles. The lowest BCUT2D eigenvalue weighted by Gasteiger charge is -2.18. The van der Waals surface area contributed by atoms with Gasteiger partial charge in [-0.25, -0.2) is 14.5 Å². The number of likely N-dealkylation sites (N-methyl/N-ethyl adjacent to an activating group) is 1. The maximum absolute atomic E-state index is 13.0. The highest BCUT2D eigenvalue weighted by Gasteiger charge is 2.44. The van der Waals surface area contributed by atoms with E-state index in [1.54, 1.807) is 25.2 Å². The highest BCUT2D eigenvalue weighted by Crippen LogP contribution is 2.28. The molecule has 1 aromatic carbocycles. The molecule has 1 aliphatic rings. The molecule has 9 nitrogen and oxygen atoms in total. The number of hydrogen-bond donors (Lipinski definition) is 0. The summed E-state index contributed by atoms with van der Waals surface area (Å²) in [6.45, 7) is -2.60. The first-order valence-electron chi connectivity index (χ1n) is 10.1. The highest BCUT2D eigenvalue weighted by atomic mass is 19.3. The molecule has 1 saturated heterocycles. The van der Waals surface area contributed by atoms with Gasteiger partial charge in [0.2, 0.25) is 5.60 Å². The Labute approximate surface area is 193 Å². The fraction of sp³-hybridized carbons (Fsp3) is 0.304. The van der Waals surface area contributed by atoms with Gasteiger partial charge in [0.25, 0.3) is 5.91 Å².